The average molecular weight is 217 g/mol. The predicted molar refractivity (Wildman–Crippen MR) is 57.4 cm³/mol. The summed E-state index contributed by atoms with van der Waals surface area (Å²) >= 11 is 0. The standard InChI is InChI=1S/C13H15NO2/c1-8(15)3-10-11-9-4-12(2,16-11)6-13(10,5-9)7-14/h3,9,11H,4-6H2,1-2H3/b10-3+/t9?,11?,12?,13-/m0/s1. The zero-order valence-electron chi connectivity index (χ0n) is 9.62. The lowest BCUT2D eigenvalue weighted by atomic mass is 9.68. The van der Waals surface area contributed by atoms with Crippen molar-refractivity contribution >= 4 is 5.78 Å². The number of carbonyl (C=O) groups is 1. The van der Waals surface area contributed by atoms with Crippen molar-refractivity contribution in [3.63, 3.8) is 0 Å². The summed E-state index contributed by atoms with van der Waals surface area (Å²) in [4.78, 5) is 11.2. The van der Waals surface area contributed by atoms with Crippen LogP contribution in [-0.4, -0.2) is 17.5 Å². The molecule has 4 fully saturated rings. The van der Waals surface area contributed by atoms with Crippen LogP contribution in [0.5, 0.6) is 0 Å². The van der Waals surface area contributed by atoms with Crippen molar-refractivity contribution in [3.8, 4) is 6.07 Å². The molecule has 0 aromatic heterocycles. The van der Waals surface area contributed by atoms with Gasteiger partial charge in [-0.1, -0.05) is 0 Å². The maximum absolute atomic E-state index is 11.2. The van der Waals surface area contributed by atoms with E-state index < -0.39 is 5.41 Å². The molecule has 0 radical (unpaired) electrons. The van der Waals surface area contributed by atoms with Gasteiger partial charge in [0.1, 0.15) is 0 Å². The smallest absolute Gasteiger partial charge is 0.152 e. The van der Waals surface area contributed by atoms with Gasteiger partial charge in [0, 0.05) is 0 Å². The van der Waals surface area contributed by atoms with Crippen LogP contribution in [0.4, 0.5) is 0 Å². The lowest BCUT2D eigenvalue weighted by molar-refractivity contribution is -0.113. The lowest BCUT2D eigenvalue weighted by Crippen LogP contribution is -2.41. The lowest BCUT2D eigenvalue weighted by Gasteiger charge is -2.41. The molecular formula is C13H15NO2. The van der Waals surface area contributed by atoms with E-state index in [-0.39, 0.29) is 17.5 Å². The van der Waals surface area contributed by atoms with Crippen LogP contribution >= 0.6 is 0 Å². The molecule has 3 heteroatoms. The Bertz CT molecular complexity index is 447. The molecule has 16 heavy (non-hydrogen) atoms. The number of ether oxygens (including phenoxy) is 1. The first kappa shape index (κ1) is 10.0. The maximum Gasteiger partial charge on any atom is 0.152 e. The van der Waals surface area contributed by atoms with Crippen LogP contribution in [0.15, 0.2) is 11.6 Å². The van der Waals surface area contributed by atoms with Gasteiger partial charge in [0.2, 0.25) is 0 Å². The van der Waals surface area contributed by atoms with Gasteiger partial charge in [0.15, 0.2) is 5.78 Å². The summed E-state index contributed by atoms with van der Waals surface area (Å²) in [6.45, 7) is 3.63. The fraction of sp³-hybridized carbons (Fsp3) is 0.692. The van der Waals surface area contributed by atoms with Gasteiger partial charge in [0.25, 0.3) is 0 Å². The second-order valence-electron chi connectivity index (χ2n) is 5.74. The first-order valence-corrected chi connectivity index (χ1v) is 5.80. The van der Waals surface area contributed by atoms with Crippen LogP contribution in [0.25, 0.3) is 0 Å². The van der Waals surface area contributed by atoms with Crippen LogP contribution in [0.2, 0.25) is 0 Å². The van der Waals surface area contributed by atoms with E-state index in [0.29, 0.717) is 5.92 Å². The van der Waals surface area contributed by atoms with Gasteiger partial charge in [-0.25, -0.2) is 0 Å². The number of nitrogens with zero attached hydrogens (tertiary/aromatic N) is 1. The Kier molecular flexibility index (Phi) is 1.73. The van der Waals surface area contributed by atoms with Gasteiger partial charge in [-0.3, -0.25) is 4.79 Å². The van der Waals surface area contributed by atoms with Gasteiger partial charge >= 0.3 is 0 Å². The summed E-state index contributed by atoms with van der Waals surface area (Å²) in [6.07, 6.45) is 4.34. The number of hydrogen-bond donors (Lipinski definition) is 0. The second kappa shape index (κ2) is 2.75. The Morgan fingerprint density at radius 2 is 2.38 bits per heavy atom. The van der Waals surface area contributed by atoms with E-state index in [1.54, 1.807) is 6.08 Å². The van der Waals surface area contributed by atoms with E-state index in [1.165, 1.54) is 6.92 Å². The summed E-state index contributed by atoms with van der Waals surface area (Å²) in [5.41, 5.74) is 0.409. The molecule has 0 N–H and O–H groups in total. The summed E-state index contributed by atoms with van der Waals surface area (Å²) in [5.74, 6) is 0.471. The molecule has 4 bridgehead atoms. The molecule has 0 aromatic rings. The van der Waals surface area contributed by atoms with E-state index in [2.05, 4.69) is 13.0 Å². The molecule has 4 rings (SSSR count). The monoisotopic (exact) mass is 217 g/mol. The van der Waals surface area contributed by atoms with Crippen molar-refractivity contribution in [2.45, 2.75) is 44.8 Å². The van der Waals surface area contributed by atoms with E-state index in [4.69, 9.17) is 4.74 Å². The Morgan fingerprint density at radius 3 is 3.00 bits per heavy atom. The molecule has 0 spiro atoms. The Morgan fingerprint density at radius 1 is 1.62 bits per heavy atom. The fourth-order valence-corrected chi connectivity index (χ4v) is 3.96. The van der Waals surface area contributed by atoms with E-state index >= 15 is 0 Å². The topological polar surface area (TPSA) is 50.1 Å². The van der Waals surface area contributed by atoms with E-state index in [9.17, 15) is 10.1 Å². The molecule has 2 saturated carbocycles. The van der Waals surface area contributed by atoms with Gasteiger partial charge < -0.3 is 4.74 Å². The van der Waals surface area contributed by atoms with E-state index in [0.717, 1.165) is 24.8 Å². The average Bonchev–Trinajstić information content (AvgIpc) is 2.54. The van der Waals surface area contributed by atoms with Crippen LogP contribution in [0.3, 0.4) is 0 Å². The van der Waals surface area contributed by atoms with Crippen molar-refractivity contribution in [1.82, 2.24) is 0 Å². The molecular weight excluding hydrogens is 202 g/mol. The van der Waals surface area contributed by atoms with Crippen LogP contribution in [-0.2, 0) is 9.53 Å². The summed E-state index contributed by atoms with van der Waals surface area (Å²) in [7, 11) is 0. The number of nitriles is 1. The van der Waals surface area contributed by atoms with Gasteiger partial charge in [-0.2, -0.15) is 5.26 Å². The summed E-state index contributed by atoms with van der Waals surface area (Å²) in [6, 6.07) is 2.45. The Balaban J connectivity index is 2.10. The molecule has 0 amide bonds. The second-order valence-corrected chi connectivity index (χ2v) is 5.74. The van der Waals surface area contributed by atoms with Gasteiger partial charge in [0.05, 0.1) is 23.2 Å². The minimum atomic E-state index is -0.410. The highest BCUT2D eigenvalue weighted by atomic mass is 16.5. The van der Waals surface area contributed by atoms with Crippen molar-refractivity contribution in [3.05, 3.63) is 11.6 Å². The minimum Gasteiger partial charge on any atom is -0.367 e. The third kappa shape index (κ3) is 1.08. The van der Waals surface area contributed by atoms with Gasteiger partial charge in [-0.05, 0) is 50.7 Å². The Labute approximate surface area is 95.1 Å². The Hall–Kier alpha value is -1.14. The molecule has 2 heterocycles. The van der Waals surface area contributed by atoms with Crippen LogP contribution in [0, 0.1) is 22.7 Å². The van der Waals surface area contributed by atoms with Crippen molar-refractivity contribution in [2.24, 2.45) is 11.3 Å². The summed E-state index contributed by atoms with van der Waals surface area (Å²) < 4.78 is 6.01. The minimum absolute atomic E-state index is 0.0226. The molecule has 3 nitrogen and oxygen atoms in total. The summed E-state index contributed by atoms with van der Waals surface area (Å²) in [5, 5.41) is 9.45. The highest BCUT2D eigenvalue weighted by Gasteiger charge is 2.65. The zero-order chi connectivity index (χ0) is 11.6. The molecule has 2 aliphatic heterocycles. The highest BCUT2D eigenvalue weighted by Crippen LogP contribution is 2.64. The number of rotatable bonds is 1. The maximum atomic E-state index is 11.2. The van der Waals surface area contributed by atoms with Gasteiger partial charge in [-0.15, -0.1) is 0 Å². The molecule has 4 atom stereocenters. The normalized spacial score (nSPS) is 50.9. The first-order valence-electron chi connectivity index (χ1n) is 5.80. The van der Waals surface area contributed by atoms with Crippen LogP contribution < -0.4 is 0 Å². The van der Waals surface area contributed by atoms with Crippen molar-refractivity contribution < 1.29 is 9.53 Å². The molecule has 3 unspecified atom stereocenters. The number of hydrogen-bond acceptors (Lipinski definition) is 3. The largest absolute Gasteiger partial charge is 0.367 e. The first-order chi connectivity index (χ1) is 7.48. The SMILES string of the molecule is CC(=O)/C=C1\C2OC3(C)CC2C[C@@]1(C#N)C3. The van der Waals surface area contributed by atoms with Crippen LogP contribution in [0.1, 0.15) is 33.1 Å². The number of ketones is 1. The third-order valence-electron chi connectivity index (χ3n) is 4.25. The van der Waals surface area contributed by atoms with E-state index in [1.807, 2.05) is 0 Å². The molecule has 2 saturated heterocycles. The zero-order valence-corrected chi connectivity index (χ0v) is 9.62. The van der Waals surface area contributed by atoms with Crippen molar-refractivity contribution in [1.29, 1.82) is 5.26 Å². The quantitative estimate of drug-likeness (QED) is 0.631. The third-order valence-corrected chi connectivity index (χ3v) is 4.25. The molecule has 2 aliphatic carbocycles. The predicted octanol–water partition coefficient (Wildman–Crippen LogP) is 1.98. The highest BCUT2D eigenvalue weighted by molar-refractivity contribution is 5.88. The van der Waals surface area contributed by atoms with Crippen molar-refractivity contribution in [2.75, 3.05) is 0 Å². The number of carbonyl (C=O) groups excluding carboxylic acids is 1. The number of allylic oxidation sites excluding steroid dienone is 1. The molecule has 4 aliphatic rings. The fourth-order valence-electron chi connectivity index (χ4n) is 3.96. The molecule has 84 valence electrons. The molecule has 0 aromatic carbocycles.